The fourth-order valence-electron chi connectivity index (χ4n) is 2.09. The molecule has 2 nitrogen and oxygen atoms in total. The van der Waals surface area contributed by atoms with Crippen molar-refractivity contribution in [3.8, 4) is 0 Å². The zero-order valence-electron chi connectivity index (χ0n) is 10.0. The van der Waals surface area contributed by atoms with Crippen LogP contribution in [0.3, 0.4) is 0 Å². The molecule has 0 spiro atoms. The van der Waals surface area contributed by atoms with Gasteiger partial charge in [0.2, 0.25) is 0 Å². The molecule has 0 aliphatic heterocycles. The van der Waals surface area contributed by atoms with Crippen molar-refractivity contribution < 1.29 is 0 Å². The Morgan fingerprint density at radius 3 is 2.56 bits per heavy atom. The molecule has 0 bridgehead atoms. The first-order valence-corrected chi connectivity index (χ1v) is 6.00. The molecule has 1 heterocycles. The van der Waals surface area contributed by atoms with E-state index in [1.165, 1.54) is 5.56 Å². The number of nitrogen functional groups attached to an aromatic ring is 1. The maximum atomic E-state index is 5.76. The lowest BCUT2D eigenvalue weighted by Crippen LogP contribution is -1.93. The van der Waals surface area contributed by atoms with Crippen molar-refractivity contribution in [3.63, 3.8) is 0 Å². The molecule has 2 aromatic carbocycles. The largest absolute Gasteiger partial charge is 0.399 e. The summed E-state index contributed by atoms with van der Waals surface area (Å²) in [5.74, 6) is 0. The normalized spacial score (nSPS) is 10.7. The molecule has 1 aromatic heterocycles. The summed E-state index contributed by atoms with van der Waals surface area (Å²) in [7, 11) is 0. The van der Waals surface area contributed by atoms with Crippen LogP contribution in [0.4, 0.5) is 5.69 Å². The Morgan fingerprint density at radius 2 is 1.72 bits per heavy atom. The first kappa shape index (κ1) is 10.8. The van der Waals surface area contributed by atoms with Gasteiger partial charge in [-0.2, -0.15) is 0 Å². The van der Waals surface area contributed by atoms with Crippen LogP contribution in [-0.2, 0) is 6.42 Å². The van der Waals surface area contributed by atoms with E-state index < -0.39 is 0 Å². The highest BCUT2D eigenvalue weighted by Crippen LogP contribution is 2.17. The van der Waals surface area contributed by atoms with E-state index >= 15 is 0 Å². The first-order valence-electron chi connectivity index (χ1n) is 6.00. The van der Waals surface area contributed by atoms with Crippen molar-refractivity contribution in [3.05, 3.63) is 71.9 Å². The second-order valence-electron chi connectivity index (χ2n) is 4.42. The minimum atomic E-state index is 0.778. The number of nitrogens with zero attached hydrogens (tertiary/aromatic N) is 1. The van der Waals surface area contributed by atoms with Crippen molar-refractivity contribution >= 4 is 16.6 Å². The lowest BCUT2D eigenvalue weighted by molar-refractivity contribution is 1.10. The minimum Gasteiger partial charge on any atom is -0.399 e. The molecule has 0 unspecified atom stereocenters. The van der Waals surface area contributed by atoms with Crippen molar-refractivity contribution in [1.29, 1.82) is 0 Å². The van der Waals surface area contributed by atoms with Gasteiger partial charge in [-0.25, -0.2) is 0 Å². The summed E-state index contributed by atoms with van der Waals surface area (Å²) in [6.45, 7) is 0. The van der Waals surface area contributed by atoms with Gasteiger partial charge >= 0.3 is 0 Å². The highest BCUT2D eigenvalue weighted by Gasteiger charge is 2.00. The second-order valence-corrected chi connectivity index (χ2v) is 4.42. The average Bonchev–Trinajstić information content (AvgIpc) is 2.40. The van der Waals surface area contributed by atoms with Gasteiger partial charge in [0.05, 0.1) is 5.52 Å². The van der Waals surface area contributed by atoms with Crippen LogP contribution in [0, 0.1) is 0 Å². The topological polar surface area (TPSA) is 38.9 Å². The lowest BCUT2D eigenvalue weighted by Gasteiger charge is -2.04. The smallest absolute Gasteiger partial charge is 0.0706 e. The number of benzene rings is 2. The number of rotatable bonds is 2. The standard InChI is InChI=1S/C16H14N2/c17-14-7-9-16-13(11-14)6-8-15(18-16)10-12-4-2-1-3-5-12/h1-9,11H,10,17H2. The van der Waals surface area contributed by atoms with Gasteiger partial charge in [-0.3, -0.25) is 4.98 Å². The number of pyridine rings is 1. The molecule has 3 rings (SSSR count). The van der Waals surface area contributed by atoms with Crippen molar-refractivity contribution in [1.82, 2.24) is 4.98 Å². The third kappa shape index (κ3) is 2.18. The van der Waals surface area contributed by atoms with E-state index in [2.05, 4.69) is 41.4 Å². The summed E-state index contributed by atoms with van der Waals surface area (Å²) in [6.07, 6.45) is 0.862. The fourth-order valence-corrected chi connectivity index (χ4v) is 2.09. The quantitative estimate of drug-likeness (QED) is 0.690. The van der Waals surface area contributed by atoms with Crippen molar-refractivity contribution in [2.24, 2.45) is 0 Å². The van der Waals surface area contributed by atoms with Crippen LogP contribution in [0.15, 0.2) is 60.7 Å². The maximum Gasteiger partial charge on any atom is 0.0706 e. The van der Waals surface area contributed by atoms with Gasteiger partial charge in [-0.15, -0.1) is 0 Å². The van der Waals surface area contributed by atoms with Gasteiger partial charge in [-0.05, 0) is 29.8 Å². The zero-order valence-corrected chi connectivity index (χ0v) is 10.0. The van der Waals surface area contributed by atoms with Crippen LogP contribution in [0.25, 0.3) is 10.9 Å². The van der Waals surface area contributed by atoms with E-state index in [0.29, 0.717) is 0 Å². The molecule has 0 aliphatic carbocycles. The summed E-state index contributed by atoms with van der Waals surface area (Å²) in [5.41, 5.74) is 9.89. The third-order valence-electron chi connectivity index (χ3n) is 3.00. The molecule has 2 N–H and O–H groups in total. The Bertz CT molecular complexity index is 675. The van der Waals surface area contributed by atoms with Crippen LogP contribution >= 0.6 is 0 Å². The summed E-state index contributed by atoms with van der Waals surface area (Å²) < 4.78 is 0. The van der Waals surface area contributed by atoms with E-state index in [9.17, 15) is 0 Å². The Morgan fingerprint density at radius 1 is 0.889 bits per heavy atom. The van der Waals surface area contributed by atoms with Gasteiger partial charge in [0.25, 0.3) is 0 Å². The monoisotopic (exact) mass is 234 g/mol. The number of fused-ring (bicyclic) bond motifs is 1. The summed E-state index contributed by atoms with van der Waals surface area (Å²) in [6, 6.07) is 20.3. The SMILES string of the molecule is Nc1ccc2nc(Cc3ccccc3)ccc2c1. The van der Waals surface area contributed by atoms with Gasteiger partial charge in [0.15, 0.2) is 0 Å². The van der Waals surface area contributed by atoms with E-state index in [1.807, 2.05) is 24.3 Å². The molecule has 0 atom stereocenters. The van der Waals surface area contributed by atoms with Crippen LogP contribution in [0.2, 0.25) is 0 Å². The predicted octanol–water partition coefficient (Wildman–Crippen LogP) is 3.41. The third-order valence-corrected chi connectivity index (χ3v) is 3.00. The maximum absolute atomic E-state index is 5.76. The Balaban J connectivity index is 1.96. The highest BCUT2D eigenvalue weighted by molar-refractivity contribution is 5.81. The Kier molecular flexibility index (Phi) is 2.69. The molecule has 2 heteroatoms. The molecular weight excluding hydrogens is 220 g/mol. The number of nitrogens with two attached hydrogens (primary N) is 1. The highest BCUT2D eigenvalue weighted by atomic mass is 14.7. The zero-order chi connectivity index (χ0) is 12.4. The fraction of sp³-hybridized carbons (Fsp3) is 0.0625. The number of hydrogen-bond donors (Lipinski definition) is 1. The molecule has 3 aromatic rings. The first-order chi connectivity index (χ1) is 8.81. The van der Waals surface area contributed by atoms with E-state index in [-0.39, 0.29) is 0 Å². The van der Waals surface area contributed by atoms with Gasteiger partial charge in [-0.1, -0.05) is 36.4 Å². The predicted molar refractivity (Wildman–Crippen MR) is 75.4 cm³/mol. The van der Waals surface area contributed by atoms with Gasteiger partial charge in [0.1, 0.15) is 0 Å². The van der Waals surface area contributed by atoms with E-state index in [0.717, 1.165) is 28.7 Å². The summed E-state index contributed by atoms with van der Waals surface area (Å²) in [4.78, 5) is 4.66. The van der Waals surface area contributed by atoms with Crippen LogP contribution in [0.5, 0.6) is 0 Å². The average molecular weight is 234 g/mol. The Labute approximate surface area is 106 Å². The number of aromatic nitrogens is 1. The van der Waals surface area contributed by atoms with Gasteiger partial charge in [0, 0.05) is 23.2 Å². The molecule has 88 valence electrons. The van der Waals surface area contributed by atoms with Crippen molar-refractivity contribution in [2.75, 3.05) is 5.73 Å². The van der Waals surface area contributed by atoms with Crippen molar-refractivity contribution in [2.45, 2.75) is 6.42 Å². The van der Waals surface area contributed by atoms with Crippen LogP contribution in [-0.4, -0.2) is 4.98 Å². The Hall–Kier alpha value is -2.35. The molecule has 0 saturated carbocycles. The number of hydrogen-bond acceptors (Lipinski definition) is 2. The van der Waals surface area contributed by atoms with E-state index in [4.69, 9.17) is 5.73 Å². The molecule has 0 fully saturated rings. The summed E-state index contributed by atoms with van der Waals surface area (Å²) in [5, 5.41) is 1.09. The van der Waals surface area contributed by atoms with Crippen LogP contribution < -0.4 is 5.73 Å². The molecule has 0 amide bonds. The number of anilines is 1. The second kappa shape index (κ2) is 4.49. The molecule has 0 radical (unpaired) electrons. The summed E-state index contributed by atoms with van der Waals surface area (Å²) >= 11 is 0. The molecule has 18 heavy (non-hydrogen) atoms. The molecule has 0 saturated heterocycles. The molecular formula is C16H14N2. The molecule has 0 aliphatic rings. The lowest BCUT2D eigenvalue weighted by atomic mass is 10.1. The minimum absolute atomic E-state index is 0.778. The van der Waals surface area contributed by atoms with Gasteiger partial charge < -0.3 is 5.73 Å². The van der Waals surface area contributed by atoms with Crippen LogP contribution in [0.1, 0.15) is 11.3 Å². The van der Waals surface area contributed by atoms with E-state index in [1.54, 1.807) is 0 Å².